The Labute approximate surface area is 212 Å². The highest BCUT2D eigenvalue weighted by Gasteiger charge is 2.29. The number of rotatable bonds is 11. The van der Waals surface area contributed by atoms with E-state index in [0.29, 0.717) is 31.0 Å². The number of para-hydroxylation sites is 3. The average molecular weight is 491 g/mol. The maximum Gasteiger partial charge on any atom is 0.258 e. The smallest absolute Gasteiger partial charge is 0.258 e. The van der Waals surface area contributed by atoms with Gasteiger partial charge in [0.1, 0.15) is 17.2 Å². The van der Waals surface area contributed by atoms with Gasteiger partial charge in [-0.1, -0.05) is 30.3 Å². The molecule has 1 amide bonds. The number of methoxy groups -OCH3 is 3. The van der Waals surface area contributed by atoms with Crippen molar-refractivity contribution in [1.29, 1.82) is 0 Å². The number of carbonyl (C=O) groups excluding carboxylic acids is 1. The van der Waals surface area contributed by atoms with Crippen LogP contribution in [0.5, 0.6) is 11.5 Å². The number of carbonyl (C=O) groups is 1. The fraction of sp³-hybridized carbons (Fsp3) is 0.357. The lowest BCUT2D eigenvalue weighted by Gasteiger charge is -2.28. The molecule has 0 bridgehead atoms. The fourth-order valence-corrected chi connectivity index (χ4v) is 4.64. The Morgan fingerprint density at radius 2 is 1.81 bits per heavy atom. The lowest BCUT2D eigenvalue weighted by molar-refractivity contribution is 0.0673. The Morgan fingerprint density at radius 1 is 1.08 bits per heavy atom. The van der Waals surface area contributed by atoms with Crippen LogP contribution in [0, 0.1) is 0 Å². The third-order valence-corrected chi connectivity index (χ3v) is 6.45. The molecular weight excluding hydrogens is 456 g/mol. The van der Waals surface area contributed by atoms with Crippen molar-refractivity contribution in [3.8, 4) is 17.2 Å². The van der Waals surface area contributed by atoms with Crippen molar-refractivity contribution in [3.05, 3.63) is 83.7 Å². The third kappa shape index (κ3) is 5.29. The zero-order valence-electron chi connectivity index (χ0n) is 21.3. The van der Waals surface area contributed by atoms with E-state index in [2.05, 4.69) is 11.5 Å². The van der Waals surface area contributed by atoms with Gasteiger partial charge >= 0.3 is 0 Å². The molecule has 1 aliphatic heterocycles. The summed E-state index contributed by atoms with van der Waals surface area (Å²) >= 11 is 0. The molecule has 1 aromatic heterocycles. The van der Waals surface area contributed by atoms with Crippen LogP contribution in [0.25, 0.3) is 5.69 Å². The van der Waals surface area contributed by atoms with Gasteiger partial charge in [-0.3, -0.25) is 9.69 Å². The monoisotopic (exact) mass is 490 g/mol. The first-order valence-corrected chi connectivity index (χ1v) is 12.1. The van der Waals surface area contributed by atoms with Crippen molar-refractivity contribution in [2.45, 2.75) is 19.5 Å². The molecule has 0 spiro atoms. The molecule has 36 heavy (non-hydrogen) atoms. The molecule has 0 atom stereocenters. The van der Waals surface area contributed by atoms with Crippen molar-refractivity contribution < 1.29 is 19.0 Å². The van der Waals surface area contributed by atoms with Crippen molar-refractivity contribution in [1.82, 2.24) is 19.6 Å². The minimum Gasteiger partial charge on any atom is -0.496 e. The first-order valence-electron chi connectivity index (χ1n) is 12.1. The Hall–Kier alpha value is -3.62. The minimum atomic E-state index is -0.121. The van der Waals surface area contributed by atoms with Gasteiger partial charge in [0.25, 0.3) is 5.91 Å². The van der Waals surface area contributed by atoms with Crippen molar-refractivity contribution in [2.24, 2.45) is 0 Å². The Morgan fingerprint density at radius 3 is 2.53 bits per heavy atom. The number of aromatic nitrogens is 2. The molecule has 8 heteroatoms. The Bertz CT molecular complexity index is 1210. The van der Waals surface area contributed by atoms with E-state index >= 15 is 0 Å². The topological polar surface area (TPSA) is 69.1 Å². The maximum absolute atomic E-state index is 13.7. The fourth-order valence-electron chi connectivity index (χ4n) is 4.64. The predicted octanol–water partition coefficient (Wildman–Crippen LogP) is 3.72. The predicted molar refractivity (Wildman–Crippen MR) is 139 cm³/mol. The summed E-state index contributed by atoms with van der Waals surface area (Å²) in [6, 6.07) is 15.2. The summed E-state index contributed by atoms with van der Waals surface area (Å²) < 4.78 is 18.4. The van der Waals surface area contributed by atoms with Crippen LogP contribution in [0.4, 0.5) is 0 Å². The SMILES string of the molecule is C=CCN1CCc2c(c(CN(CCOC)C(=O)c3ccccc3OC)nn2-c2ccccc2OC)C1. The van der Waals surface area contributed by atoms with Gasteiger partial charge in [0.05, 0.1) is 44.3 Å². The second kappa shape index (κ2) is 11.9. The summed E-state index contributed by atoms with van der Waals surface area (Å²) in [6.45, 7) is 7.56. The molecule has 0 saturated carbocycles. The highest BCUT2D eigenvalue weighted by Crippen LogP contribution is 2.30. The molecule has 0 saturated heterocycles. The summed E-state index contributed by atoms with van der Waals surface area (Å²) in [5, 5.41) is 5.05. The molecule has 0 radical (unpaired) electrons. The summed E-state index contributed by atoms with van der Waals surface area (Å²) in [6.07, 6.45) is 2.76. The number of fused-ring (bicyclic) bond motifs is 1. The van der Waals surface area contributed by atoms with E-state index in [4.69, 9.17) is 19.3 Å². The molecule has 1 aliphatic rings. The summed E-state index contributed by atoms with van der Waals surface area (Å²) in [5.74, 6) is 1.18. The van der Waals surface area contributed by atoms with Crippen LogP contribution in [0.15, 0.2) is 61.2 Å². The average Bonchev–Trinajstić information content (AvgIpc) is 3.28. The van der Waals surface area contributed by atoms with Crippen LogP contribution in [0.2, 0.25) is 0 Å². The highest BCUT2D eigenvalue weighted by atomic mass is 16.5. The number of hydrogen-bond donors (Lipinski definition) is 0. The molecule has 190 valence electrons. The van der Waals surface area contributed by atoms with Gasteiger partial charge < -0.3 is 19.1 Å². The van der Waals surface area contributed by atoms with Crippen LogP contribution < -0.4 is 9.47 Å². The van der Waals surface area contributed by atoms with Gasteiger partial charge in [-0.25, -0.2) is 4.68 Å². The third-order valence-electron chi connectivity index (χ3n) is 6.45. The second-order valence-electron chi connectivity index (χ2n) is 8.65. The molecule has 0 fully saturated rings. The van der Waals surface area contributed by atoms with Gasteiger partial charge in [-0.05, 0) is 24.3 Å². The zero-order valence-corrected chi connectivity index (χ0v) is 21.3. The number of amides is 1. The molecule has 8 nitrogen and oxygen atoms in total. The molecule has 2 heterocycles. The van der Waals surface area contributed by atoms with Crippen molar-refractivity contribution in [2.75, 3.05) is 47.6 Å². The van der Waals surface area contributed by atoms with E-state index in [-0.39, 0.29) is 5.91 Å². The van der Waals surface area contributed by atoms with Crippen LogP contribution >= 0.6 is 0 Å². The van der Waals surface area contributed by atoms with E-state index in [0.717, 1.165) is 54.4 Å². The van der Waals surface area contributed by atoms with Crippen molar-refractivity contribution >= 4 is 5.91 Å². The molecule has 3 aromatic rings. The summed E-state index contributed by atoms with van der Waals surface area (Å²) in [4.78, 5) is 17.8. The number of ether oxygens (including phenoxy) is 3. The van der Waals surface area contributed by atoms with E-state index < -0.39 is 0 Å². The highest BCUT2D eigenvalue weighted by molar-refractivity contribution is 5.97. The first kappa shape index (κ1) is 25.5. The van der Waals surface area contributed by atoms with Crippen molar-refractivity contribution in [3.63, 3.8) is 0 Å². The van der Waals surface area contributed by atoms with Gasteiger partial charge in [0.15, 0.2) is 0 Å². The normalized spacial score (nSPS) is 13.2. The lowest BCUT2D eigenvalue weighted by Crippen LogP contribution is -2.35. The van der Waals surface area contributed by atoms with Crippen LogP contribution in [-0.2, 0) is 24.2 Å². The van der Waals surface area contributed by atoms with E-state index in [1.165, 1.54) is 0 Å². The molecule has 0 aliphatic carbocycles. The molecule has 2 aromatic carbocycles. The quantitative estimate of drug-likeness (QED) is 0.382. The van der Waals surface area contributed by atoms with Gasteiger partial charge in [-0.15, -0.1) is 6.58 Å². The van der Waals surface area contributed by atoms with Crippen LogP contribution in [-0.4, -0.2) is 73.1 Å². The molecule has 4 rings (SSSR count). The first-order chi connectivity index (χ1) is 17.6. The lowest BCUT2D eigenvalue weighted by atomic mass is 10.0. The molecular formula is C28H34N4O4. The largest absolute Gasteiger partial charge is 0.496 e. The Balaban J connectivity index is 1.75. The van der Waals surface area contributed by atoms with E-state index in [1.807, 2.05) is 47.2 Å². The van der Waals surface area contributed by atoms with Gasteiger partial charge in [-0.2, -0.15) is 5.10 Å². The van der Waals surface area contributed by atoms with Gasteiger partial charge in [0.2, 0.25) is 0 Å². The summed E-state index contributed by atoms with van der Waals surface area (Å²) in [7, 11) is 4.88. The minimum absolute atomic E-state index is 0.121. The van der Waals surface area contributed by atoms with Crippen LogP contribution in [0.1, 0.15) is 27.3 Å². The number of hydrogen-bond acceptors (Lipinski definition) is 6. The van der Waals surface area contributed by atoms with E-state index in [9.17, 15) is 4.79 Å². The second-order valence-corrected chi connectivity index (χ2v) is 8.65. The maximum atomic E-state index is 13.7. The van der Waals surface area contributed by atoms with Crippen LogP contribution in [0.3, 0.4) is 0 Å². The van der Waals surface area contributed by atoms with Gasteiger partial charge in [0, 0.05) is 45.3 Å². The van der Waals surface area contributed by atoms with E-state index in [1.54, 1.807) is 38.4 Å². The number of nitrogens with zero attached hydrogens (tertiary/aromatic N) is 4. The number of benzene rings is 2. The zero-order chi connectivity index (χ0) is 25.5. The molecule has 0 N–H and O–H groups in total. The summed E-state index contributed by atoms with van der Waals surface area (Å²) in [5.41, 5.74) is 4.56. The standard InChI is InChI=1S/C28H34N4O4/c1-5-15-30-16-14-24-22(19-30)23(29-32(24)25-11-7-9-13-27(25)36-4)20-31(17-18-34-2)28(33)21-10-6-8-12-26(21)35-3/h5-13H,1,14-20H2,2-4H3. The molecule has 0 unspecified atom stereocenters. The Kier molecular flexibility index (Phi) is 8.40.